The highest BCUT2D eigenvalue weighted by molar-refractivity contribution is 5.89. The number of ether oxygens (including phenoxy) is 2. The van der Waals surface area contributed by atoms with Crippen molar-refractivity contribution >= 4 is 11.7 Å². The molecule has 1 N–H and O–H groups in total. The summed E-state index contributed by atoms with van der Waals surface area (Å²) in [6.07, 6.45) is 1.54. The van der Waals surface area contributed by atoms with Gasteiger partial charge in [0.15, 0.2) is 0 Å². The predicted octanol–water partition coefficient (Wildman–Crippen LogP) is 1.53. The molecule has 0 saturated carbocycles. The molecule has 1 aliphatic rings. The van der Waals surface area contributed by atoms with Crippen LogP contribution < -0.4 is 5.32 Å². The first-order valence-corrected chi connectivity index (χ1v) is 7.03. The highest BCUT2D eigenvalue weighted by Crippen LogP contribution is 2.19. The SMILES string of the molecule is COCC1(C)CN(C(=O)Nc2cnc(C)c(C#N)c2)CCO1. The molecule has 7 nitrogen and oxygen atoms in total. The van der Waals surface area contributed by atoms with Gasteiger partial charge in [0.25, 0.3) is 0 Å². The third kappa shape index (κ3) is 3.72. The Labute approximate surface area is 129 Å². The lowest BCUT2D eigenvalue weighted by Crippen LogP contribution is -2.55. The normalized spacial score (nSPS) is 21.3. The van der Waals surface area contributed by atoms with Crippen molar-refractivity contribution in [3.05, 3.63) is 23.5 Å². The van der Waals surface area contributed by atoms with Crippen LogP contribution in [0.2, 0.25) is 0 Å². The first kappa shape index (κ1) is 16.2. The molecular weight excluding hydrogens is 284 g/mol. The van der Waals surface area contributed by atoms with E-state index >= 15 is 0 Å². The fourth-order valence-electron chi connectivity index (χ4n) is 2.41. The Hall–Kier alpha value is -2.17. The van der Waals surface area contributed by atoms with E-state index in [0.717, 1.165) is 0 Å². The van der Waals surface area contributed by atoms with Crippen molar-refractivity contribution < 1.29 is 14.3 Å². The summed E-state index contributed by atoms with van der Waals surface area (Å²) in [6.45, 7) is 5.50. The predicted molar refractivity (Wildman–Crippen MR) is 80.5 cm³/mol. The number of amides is 2. The number of urea groups is 1. The van der Waals surface area contributed by atoms with Crippen LogP contribution in [-0.4, -0.2) is 54.9 Å². The second-order valence-electron chi connectivity index (χ2n) is 5.55. The molecule has 1 fully saturated rings. The number of hydrogen-bond acceptors (Lipinski definition) is 5. The molecule has 1 aliphatic heterocycles. The van der Waals surface area contributed by atoms with Crippen LogP contribution in [0.25, 0.3) is 0 Å². The van der Waals surface area contributed by atoms with E-state index in [4.69, 9.17) is 14.7 Å². The summed E-state index contributed by atoms with van der Waals surface area (Å²) in [4.78, 5) is 18.1. The number of nitriles is 1. The van der Waals surface area contributed by atoms with Gasteiger partial charge in [-0.2, -0.15) is 5.26 Å². The van der Waals surface area contributed by atoms with E-state index in [0.29, 0.717) is 43.2 Å². The molecule has 7 heteroatoms. The van der Waals surface area contributed by atoms with Crippen LogP contribution in [0.1, 0.15) is 18.2 Å². The monoisotopic (exact) mass is 304 g/mol. The number of aryl methyl sites for hydroxylation is 1. The molecule has 1 saturated heterocycles. The Kier molecular flexibility index (Phi) is 4.96. The van der Waals surface area contributed by atoms with Gasteiger partial charge in [0, 0.05) is 13.7 Å². The van der Waals surface area contributed by atoms with Crippen molar-refractivity contribution in [1.29, 1.82) is 5.26 Å². The molecule has 0 aromatic carbocycles. The quantitative estimate of drug-likeness (QED) is 0.915. The fourth-order valence-corrected chi connectivity index (χ4v) is 2.41. The molecule has 1 aromatic rings. The lowest BCUT2D eigenvalue weighted by molar-refractivity contribution is -0.117. The molecule has 118 valence electrons. The highest BCUT2D eigenvalue weighted by Gasteiger charge is 2.34. The van der Waals surface area contributed by atoms with Crippen LogP contribution in [0.5, 0.6) is 0 Å². The van der Waals surface area contributed by atoms with E-state index in [1.165, 1.54) is 0 Å². The summed E-state index contributed by atoms with van der Waals surface area (Å²) >= 11 is 0. The lowest BCUT2D eigenvalue weighted by atomic mass is 10.1. The number of pyridine rings is 1. The molecule has 2 rings (SSSR count). The molecular formula is C15H20N4O3. The van der Waals surface area contributed by atoms with E-state index in [1.807, 2.05) is 6.92 Å². The number of hydrogen-bond donors (Lipinski definition) is 1. The maximum atomic E-state index is 12.4. The minimum absolute atomic E-state index is 0.236. The molecule has 2 amide bonds. The van der Waals surface area contributed by atoms with Gasteiger partial charge in [-0.05, 0) is 19.9 Å². The molecule has 0 radical (unpaired) electrons. The molecule has 0 spiro atoms. The van der Waals surface area contributed by atoms with Gasteiger partial charge in [-0.3, -0.25) is 4.98 Å². The zero-order valence-corrected chi connectivity index (χ0v) is 13.0. The third-order valence-electron chi connectivity index (χ3n) is 3.53. The first-order chi connectivity index (χ1) is 10.5. The summed E-state index contributed by atoms with van der Waals surface area (Å²) in [7, 11) is 1.61. The first-order valence-electron chi connectivity index (χ1n) is 7.03. The second kappa shape index (κ2) is 6.73. The van der Waals surface area contributed by atoms with Gasteiger partial charge in [0.1, 0.15) is 11.7 Å². The summed E-state index contributed by atoms with van der Waals surface area (Å²) in [6, 6.07) is 3.44. The van der Waals surface area contributed by atoms with Gasteiger partial charge in [0.2, 0.25) is 0 Å². The third-order valence-corrected chi connectivity index (χ3v) is 3.53. The molecule has 1 atom stereocenters. The van der Waals surface area contributed by atoms with Crippen molar-refractivity contribution in [2.75, 3.05) is 38.7 Å². The molecule has 0 aliphatic carbocycles. The van der Waals surface area contributed by atoms with E-state index in [9.17, 15) is 4.79 Å². The molecule has 22 heavy (non-hydrogen) atoms. The molecule has 2 heterocycles. The topological polar surface area (TPSA) is 87.5 Å². The number of morpholine rings is 1. The number of methoxy groups -OCH3 is 1. The van der Waals surface area contributed by atoms with Crippen LogP contribution in [-0.2, 0) is 9.47 Å². The minimum Gasteiger partial charge on any atom is -0.382 e. The number of rotatable bonds is 3. The minimum atomic E-state index is -0.506. The number of nitrogens with one attached hydrogen (secondary N) is 1. The van der Waals surface area contributed by atoms with E-state index < -0.39 is 5.60 Å². The average molecular weight is 304 g/mol. The number of carbonyl (C=O) groups is 1. The van der Waals surface area contributed by atoms with Crippen LogP contribution in [0.3, 0.4) is 0 Å². The Morgan fingerprint density at radius 1 is 1.68 bits per heavy atom. The molecule has 0 bridgehead atoms. The fraction of sp³-hybridized carbons (Fsp3) is 0.533. The number of anilines is 1. The maximum Gasteiger partial charge on any atom is 0.322 e. The Morgan fingerprint density at radius 2 is 2.45 bits per heavy atom. The summed E-state index contributed by atoms with van der Waals surface area (Å²) < 4.78 is 10.8. The Balaban J connectivity index is 2.04. The van der Waals surface area contributed by atoms with Crippen LogP contribution in [0.15, 0.2) is 12.3 Å². The van der Waals surface area contributed by atoms with Gasteiger partial charge < -0.3 is 19.7 Å². The Morgan fingerprint density at radius 3 is 3.14 bits per heavy atom. The summed E-state index contributed by atoms with van der Waals surface area (Å²) in [5, 5.41) is 11.8. The highest BCUT2D eigenvalue weighted by atomic mass is 16.5. The number of nitrogens with zero attached hydrogens (tertiary/aromatic N) is 3. The van der Waals surface area contributed by atoms with Gasteiger partial charge in [-0.15, -0.1) is 0 Å². The summed E-state index contributed by atoms with van der Waals surface area (Å²) in [5.41, 5.74) is 1.09. The van der Waals surface area contributed by atoms with Crippen LogP contribution in [0.4, 0.5) is 10.5 Å². The second-order valence-corrected chi connectivity index (χ2v) is 5.55. The van der Waals surface area contributed by atoms with Crippen molar-refractivity contribution in [3.8, 4) is 6.07 Å². The Bertz CT molecular complexity index is 595. The standard InChI is InChI=1S/C15H20N4O3/c1-11-12(7-16)6-13(8-17-11)18-14(20)19-4-5-22-15(2,9-19)10-21-3/h6,8H,4-5,9-10H2,1-3H3,(H,18,20). The van der Waals surface area contributed by atoms with Crippen LogP contribution >= 0.6 is 0 Å². The molecule has 1 unspecified atom stereocenters. The van der Waals surface area contributed by atoms with E-state index in [-0.39, 0.29) is 6.03 Å². The van der Waals surface area contributed by atoms with Gasteiger partial charge >= 0.3 is 6.03 Å². The van der Waals surface area contributed by atoms with Gasteiger partial charge in [-0.1, -0.05) is 0 Å². The average Bonchev–Trinajstić information content (AvgIpc) is 2.49. The van der Waals surface area contributed by atoms with Crippen molar-refractivity contribution in [1.82, 2.24) is 9.88 Å². The number of aromatic nitrogens is 1. The van der Waals surface area contributed by atoms with E-state index in [1.54, 1.807) is 31.2 Å². The smallest absolute Gasteiger partial charge is 0.322 e. The van der Waals surface area contributed by atoms with Crippen molar-refractivity contribution in [2.45, 2.75) is 19.4 Å². The zero-order chi connectivity index (χ0) is 16.2. The molecule has 1 aromatic heterocycles. The van der Waals surface area contributed by atoms with Crippen LogP contribution in [0, 0.1) is 18.3 Å². The zero-order valence-electron chi connectivity index (χ0n) is 13.0. The van der Waals surface area contributed by atoms with Gasteiger partial charge in [-0.25, -0.2) is 4.79 Å². The van der Waals surface area contributed by atoms with E-state index in [2.05, 4.69) is 16.4 Å². The number of carbonyl (C=O) groups excluding carboxylic acids is 1. The summed E-state index contributed by atoms with van der Waals surface area (Å²) in [5.74, 6) is 0. The largest absolute Gasteiger partial charge is 0.382 e. The maximum absolute atomic E-state index is 12.4. The van der Waals surface area contributed by atoms with Gasteiger partial charge in [0.05, 0.1) is 42.9 Å². The van der Waals surface area contributed by atoms with Crippen molar-refractivity contribution in [3.63, 3.8) is 0 Å². The lowest BCUT2D eigenvalue weighted by Gasteiger charge is -2.39. The van der Waals surface area contributed by atoms with Crippen molar-refractivity contribution in [2.24, 2.45) is 0 Å².